The van der Waals surface area contributed by atoms with Crippen LogP contribution in [0.2, 0.25) is 0 Å². The highest BCUT2D eigenvalue weighted by atomic mass is 32.2. The lowest BCUT2D eigenvalue weighted by Crippen LogP contribution is -2.10. The Bertz CT molecular complexity index is 704. The highest BCUT2D eigenvalue weighted by Gasteiger charge is 2.13. The molecule has 0 amide bonds. The van der Waals surface area contributed by atoms with E-state index in [4.69, 9.17) is 4.99 Å². The van der Waals surface area contributed by atoms with Crippen molar-refractivity contribution in [3.63, 3.8) is 0 Å². The first-order valence-corrected chi connectivity index (χ1v) is 12.3. The molecule has 2 aromatic rings. The van der Waals surface area contributed by atoms with Crippen LogP contribution in [0, 0.1) is 0 Å². The van der Waals surface area contributed by atoms with E-state index in [0.717, 1.165) is 21.6 Å². The summed E-state index contributed by atoms with van der Waals surface area (Å²) < 4.78 is 1.14. The topological polar surface area (TPSA) is 25.2 Å². The molecule has 0 saturated heterocycles. The number of rotatable bonds is 9. The van der Waals surface area contributed by atoms with Crippen LogP contribution in [0.4, 0.5) is 5.69 Å². The van der Waals surface area contributed by atoms with Gasteiger partial charge >= 0.3 is 0 Å². The highest BCUT2D eigenvalue weighted by Crippen LogP contribution is 2.28. The zero-order valence-corrected chi connectivity index (χ0v) is 19.4. The molecule has 0 atom stereocenters. The largest absolute Gasteiger partial charge is 0.262 e. The SMILES string of the molecule is CCCCCCCSC(=Nc1cccnc1)SCc1ccc(C(C)(C)C)cc1. The summed E-state index contributed by atoms with van der Waals surface area (Å²) in [7, 11) is 0. The summed E-state index contributed by atoms with van der Waals surface area (Å²) in [6, 6.07) is 13.0. The Morgan fingerprint density at radius 1 is 0.964 bits per heavy atom. The van der Waals surface area contributed by atoms with Crippen LogP contribution in [-0.2, 0) is 11.2 Å². The maximum atomic E-state index is 4.84. The van der Waals surface area contributed by atoms with Crippen molar-refractivity contribution in [1.29, 1.82) is 0 Å². The van der Waals surface area contributed by atoms with E-state index in [-0.39, 0.29) is 5.41 Å². The summed E-state index contributed by atoms with van der Waals surface area (Å²) in [5, 5.41) is 0. The third-order valence-corrected chi connectivity index (χ3v) is 6.88. The molecule has 1 aromatic heterocycles. The van der Waals surface area contributed by atoms with E-state index in [1.54, 1.807) is 6.20 Å². The van der Waals surface area contributed by atoms with E-state index in [1.807, 2.05) is 41.9 Å². The average molecular weight is 415 g/mol. The Labute approximate surface area is 180 Å². The standard InChI is InChI=1S/C24H34N2S2/c1-5-6-7-8-9-17-27-23(26-22-11-10-16-25-18-22)28-19-20-12-14-21(15-13-20)24(2,3)4/h10-16,18H,5-9,17,19H2,1-4H3. The highest BCUT2D eigenvalue weighted by molar-refractivity contribution is 8.38. The molecule has 0 N–H and O–H groups in total. The molecule has 0 aliphatic rings. The third kappa shape index (κ3) is 8.83. The van der Waals surface area contributed by atoms with E-state index in [2.05, 4.69) is 56.9 Å². The quantitative estimate of drug-likeness (QED) is 0.236. The summed E-state index contributed by atoms with van der Waals surface area (Å²) >= 11 is 3.72. The normalized spacial score (nSPS) is 12.4. The van der Waals surface area contributed by atoms with Crippen molar-refractivity contribution in [1.82, 2.24) is 4.98 Å². The van der Waals surface area contributed by atoms with Gasteiger partial charge in [0.25, 0.3) is 0 Å². The zero-order chi connectivity index (χ0) is 20.2. The Kier molecular flexibility index (Phi) is 10.1. The number of aromatic nitrogens is 1. The lowest BCUT2D eigenvalue weighted by Gasteiger charge is -2.19. The predicted molar refractivity (Wildman–Crippen MR) is 129 cm³/mol. The lowest BCUT2D eigenvalue weighted by atomic mass is 9.87. The van der Waals surface area contributed by atoms with E-state index in [1.165, 1.54) is 43.2 Å². The Hall–Kier alpha value is -1.26. The molecule has 0 aliphatic heterocycles. The van der Waals surface area contributed by atoms with Crippen molar-refractivity contribution in [2.24, 2.45) is 4.99 Å². The van der Waals surface area contributed by atoms with E-state index in [9.17, 15) is 0 Å². The Morgan fingerprint density at radius 2 is 1.71 bits per heavy atom. The molecule has 0 saturated carbocycles. The first-order valence-electron chi connectivity index (χ1n) is 10.3. The molecule has 2 rings (SSSR count). The molecule has 1 heterocycles. The smallest absolute Gasteiger partial charge is 0.130 e. The van der Waals surface area contributed by atoms with Gasteiger partial charge in [0.05, 0.1) is 11.9 Å². The van der Waals surface area contributed by atoms with Crippen molar-refractivity contribution < 1.29 is 0 Å². The number of thioether (sulfide) groups is 2. The van der Waals surface area contributed by atoms with Crippen LogP contribution in [0.1, 0.15) is 70.9 Å². The molecule has 152 valence electrons. The van der Waals surface area contributed by atoms with Gasteiger partial charge in [0.1, 0.15) is 4.38 Å². The number of benzene rings is 1. The van der Waals surface area contributed by atoms with Crippen molar-refractivity contribution in [2.45, 2.75) is 71.0 Å². The summed E-state index contributed by atoms with van der Waals surface area (Å²) in [6.45, 7) is 9.03. The maximum absolute atomic E-state index is 4.84. The van der Waals surface area contributed by atoms with Gasteiger partial charge in [-0.15, -0.1) is 0 Å². The summed E-state index contributed by atoms with van der Waals surface area (Å²) in [5.74, 6) is 2.09. The first kappa shape index (κ1) is 23.0. The number of aliphatic imine (C=N–C) groups is 1. The molecule has 0 spiro atoms. The predicted octanol–water partition coefficient (Wildman–Crippen LogP) is 8.00. The molecule has 0 aliphatic carbocycles. The second kappa shape index (κ2) is 12.3. The van der Waals surface area contributed by atoms with E-state index >= 15 is 0 Å². The number of pyridine rings is 1. The summed E-state index contributed by atoms with van der Waals surface area (Å²) in [5.41, 5.74) is 3.87. The fourth-order valence-corrected chi connectivity index (χ4v) is 4.85. The minimum atomic E-state index is 0.201. The molecule has 2 nitrogen and oxygen atoms in total. The van der Waals surface area contributed by atoms with Gasteiger partial charge in [0.2, 0.25) is 0 Å². The van der Waals surface area contributed by atoms with Crippen molar-refractivity contribution in [3.05, 3.63) is 59.9 Å². The molecule has 4 heteroatoms. The molecule has 28 heavy (non-hydrogen) atoms. The number of hydrogen-bond acceptors (Lipinski definition) is 4. The molecular weight excluding hydrogens is 380 g/mol. The van der Waals surface area contributed by atoms with Crippen LogP contribution in [0.15, 0.2) is 53.8 Å². The fourth-order valence-electron chi connectivity index (χ4n) is 2.74. The minimum Gasteiger partial charge on any atom is -0.262 e. The molecule has 0 fully saturated rings. The van der Waals surface area contributed by atoms with Gasteiger partial charge in [0, 0.05) is 17.7 Å². The van der Waals surface area contributed by atoms with Crippen molar-refractivity contribution in [3.8, 4) is 0 Å². The van der Waals surface area contributed by atoms with Crippen molar-refractivity contribution >= 4 is 33.6 Å². The van der Waals surface area contributed by atoms with Gasteiger partial charge in [0.15, 0.2) is 0 Å². The van der Waals surface area contributed by atoms with Crippen molar-refractivity contribution in [2.75, 3.05) is 5.75 Å². The van der Waals surface area contributed by atoms with Gasteiger partial charge < -0.3 is 0 Å². The molecule has 0 radical (unpaired) electrons. The van der Waals surface area contributed by atoms with Crippen LogP contribution in [0.3, 0.4) is 0 Å². The average Bonchev–Trinajstić information content (AvgIpc) is 2.69. The molecule has 1 aromatic carbocycles. The van der Waals surface area contributed by atoms with Gasteiger partial charge in [-0.1, -0.05) is 101 Å². The van der Waals surface area contributed by atoms with Gasteiger partial charge in [-0.2, -0.15) is 0 Å². The fraction of sp³-hybridized carbons (Fsp3) is 0.500. The maximum Gasteiger partial charge on any atom is 0.130 e. The molecule has 0 unspecified atom stereocenters. The number of nitrogens with zero attached hydrogens (tertiary/aromatic N) is 2. The Morgan fingerprint density at radius 3 is 2.36 bits per heavy atom. The Balaban J connectivity index is 1.94. The second-order valence-electron chi connectivity index (χ2n) is 8.09. The van der Waals surface area contributed by atoms with Crippen LogP contribution in [0.25, 0.3) is 0 Å². The van der Waals surface area contributed by atoms with Gasteiger partial charge in [-0.25, -0.2) is 4.99 Å². The van der Waals surface area contributed by atoms with Gasteiger partial charge in [-0.3, -0.25) is 4.98 Å². The van der Waals surface area contributed by atoms with Crippen LogP contribution in [-0.4, -0.2) is 15.1 Å². The third-order valence-electron chi connectivity index (χ3n) is 4.52. The minimum absolute atomic E-state index is 0.201. The molecular formula is C24H34N2S2. The van der Waals surface area contributed by atoms with Crippen LogP contribution in [0.5, 0.6) is 0 Å². The first-order chi connectivity index (χ1) is 13.5. The van der Waals surface area contributed by atoms with E-state index < -0.39 is 0 Å². The van der Waals surface area contributed by atoms with Crippen LogP contribution >= 0.6 is 23.5 Å². The lowest BCUT2D eigenvalue weighted by molar-refractivity contribution is 0.590. The monoisotopic (exact) mass is 414 g/mol. The second-order valence-corrected chi connectivity index (χ2v) is 10.4. The summed E-state index contributed by atoms with van der Waals surface area (Å²) in [4.78, 5) is 9.04. The zero-order valence-electron chi connectivity index (χ0n) is 17.8. The number of unbranched alkanes of at least 4 members (excludes halogenated alkanes) is 4. The van der Waals surface area contributed by atoms with Gasteiger partial charge in [-0.05, 0) is 35.1 Å². The van der Waals surface area contributed by atoms with E-state index in [0.29, 0.717) is 0 Å². The van der Waals surface area contributed by atoms with Crippen LogP contribution < -0.4 is 0 Å². The number of hydrogen-bond donors (Lipinski definition) is 0. The molecule has 0 bridgehead atoms. The summed E-state index contributed by atoms with van der Waals surface area (Å²) in [6.07, 6.45) is 10.2.